The number of nitrogens with zero attached hydrogens (tertiary/aromatic N) is 5. The van der Waals surface area contributed by atoms with Gasteiger partial charge in [-0.25, -0.2) is 4.98 Å². The zero-order chi connectivity index (χ0) is 57.5. The van der Waals surface area contributed by atoms with E-state index in [0.29, 0.717) is 0 Å². The Labute approximate surface area is 442 Å². The number of hydrogen-bond acceptors (Lipinski definition) is 8. The van der Waals surface area contributed by atoms with Gasteiger partial charge >= 0.3 is 0 Å². The number of aryl methyl sites for hydroxylation is 5. The summed E-state index contributed by atoms with van der Waals surface area (Å²) in [5, 5.41) is 12.9. The Morgan fingerprint density at radius 2 is 0.750 bits per heavy atom. The van der Waals surface area contributed by atoms with E-state index in [2.05, 4.69) is 260 Å². The maximum Gasteiger partial charge on any atom is 0.191 e. The molecule has 0 radical (unpaired) electrons. The van der Waals surface area contributed by atoms with Crippen LogP contribution in [0.3, 0.4) is 0 Å². The molecule has 412 valence electrons. The molecule has 0 aromatic carbocycles. The summed E-state index contributed by atoms with van der Waals surface area (Å²) in [5.74, 6) is 5.95. The van der Waals surface area contributed by atoms with Crippen molar-refractivity contribution in [2.75, 3.05) is 0 Å². The molecule has 72 heavy (non-hydrogen) atoms. The average molecular weight is 1000 g/mol. The van der Waals surface area contributed by atoms with Crippen molar-refractivity contribution in [3.63, 3.8) is 0 Å². The van der Waals surface area contributed by atoms with Crippen LogP contribution in [0.25, 0.3) is 0 Å². The summed E-state index contributed by atoms with van der Waals surface area (Å²) >= 11 is 0. The molecular formula is C63H111N5O4. The third kappa shape index (κ3) is 17.6. The van der Waals surface area contributed by atoms with Gasteiger partial charge in [-0.05, 0) is 89.7 Å². The van der Waals surface area contributed by atoms with Crippen LogP contribution in [0.1, 0.15) is 299 Å². The van der Waals surface area contributed by atoms with Gasteiger partial charge in [0.25, 0.3) is 0 Å². The van der Waals surface area contributed by atoms with Crippen molar-refractivity contribution in [3.8, 4) is 0 Å². The Kier molecular flexibility index (Phi) is 20.3. The summed E-state index contributed by atoms with van der Waals surface area (Å²) in [6.07, 6.45) is 0. The molecule has 0 bridgehead atoms. The lowest BCUT2D eigenvalue weighted by molar-refractivity contribution is 0.321. The lowest BCUT2D eigenvalue weighted by atomic mass is 9.78. The van der Waals surface area contributed by atoms with E-state index in [0.717, 1.165) is 57.5 Å². The van der Waals surface area contributed by atoms with Crippen molar-refractivity contribution < 1.29 is 17.9 Å². The first-order valence-corrected chi connectivity index (χ1v) is 26.6. The van der Waals surface area contributed by atoms with Gasteiger partial charge in [0.05, 0.1) is 28.3 Å². The largest absolute Gasteiger partial charge is 0.465 e. The molecule has 5 heterocycles. The highest BCUT2D eigenvalue weighted by Crippen LogP contribution is 2.40. The van der Waals surface area contributed by atoms with E-state index in [-0.39, 0.29) is 54.3 Å². The van der Waals surface area contributed by atoms with Crippen LogP contribution in [-0.2, 0) is 54.3 Å². The average Bonchev–Trinajstić information content (AvgIpc) is 3.94. The van der Waals surface area contributed by atoms with Gasteiger partial charge in [-0.3, -0.25) is 4.68 Å². The van der Waals surface area contributed by atoms with Gasteiger partial charge in [-0.1, -0.05) is 197 Å². The fourth-order valence-corrected chi connectivity index (χ4v) is 9.00. The molecular weight excluding hydrogens is 891 g/mol. The highest BCUT2D eigenvalue weighted by molar-refractivity contribution is 5.40. The van der Waals surface area contributed by atoms with Crippen LogP contribution in [0, 0.1) is 48.5 Å². The molecule has 5 aromatic rings. The standard InChI is InChI=1S/C14H24O.C13H24N2.3C12H21NO/c1-9-10(2)15-12(14(6,7)8)11(9)13(3,4)5;1-9-10(2)14-15(13(6,7)8)11(9)12(3,4)5;1-8-13-9(11(2,3)4)10(14-8)12(5,6)7;1-8-9(11(2,3)4)10(13-14-8)12(5,6)7;1-8-9(11(2,3)4)10(14-13-8)12(5,6)7/h2*1-8H3;3*1-7H3. The van der Waals surface area contributed by atoms with E-state index in [9.17, 15) is 0 Å². The van der Waals surface area contributed by atoms with Crippen molar-refractivity contribution in [1.82, 2.24) is 25.1 Å². The van der Waals surface area contributed by atoms with Gasteiger partial charge in [-0.15, -0.1) is 0 Å². The minimum absolute atomic E-state index is 0.0316. The summed E-state index contributed by atoms with van der Waals surface area (Å²) < 4.78 is 24.5. The van der Waals surface area contributed by atoms with Crippen molar-refractivity contribution in [2.24, 2.45) is 0 Å². The highest BCUT2D eigenvalue weighted by Gasteiger charge is 2.35. The molecule has 0 aliphatic carbocycles. The molecule has 5 aromatic heterocycles. The van der Waals surface area contributed by atoms with Crippen LogP contribution in [0.15, 0.2) is 17.9 Å². The number of furan rings is 1. The van der Waals surface area contributed by atoms with Crippen LogP contribution in [0.4, 0.5) is 0 Å². The molecule has 0 fully saturated rings. The fraction of sp³-hybridized carbons (Fsp3) is 0.746. The minimum atomic E-state index is 0.0316. The van der Waals surface area contributed by atoms with E-state index >= 15 is 0 Å². The third-order valence-electron chi connectivity index (χ3n) is 12.3. The maximum absolute atomic E-state index is 5.94. The van der Waals surface area contributed by atoms with Gasteiger partial charge in [0.15, 0.2) is 5.89 Å². The second-order valence-corrected chi connectivity index (χ2v) is 30.7. The molecule has 0 unspecified atom stereocenters. The van der Waals surface area contributed by atoms with E-state index in [1.807, 2.05) is 20.8 Å². The van der Waals surface area contributed by atoms with Crippen molar-refractivity contribution >= 4 is 0 Å². The summed E-state index contributed by atoms with van der Waals surface area (Å²) in [6.45, 7) is 80.2. The fourth-order valence-electron chi connectivity index (χ4n) is 9.00. The Bertz CT molecular complexity index is 2310. The molecule has 0 saturated heterocycles. The first-order valence-electron chi connectivity index (χ1n) is 26.6. The van der Waals surface area contributed by atoms with E-state index < -0.39 is 0 Å². The zero-order valence-corrected chi connectivity index (χ0v) is 53.9. The van der Waals surface area contributed by atoms with Gasteiger partial charge in [0.1, 0.15) is 28.8 Å². The number of aromatic nitrogens is 5. The van der Waals surface area contributed by atoms with Crippen LogP contribution < -0.4 is 0 Å². The maximum atomic E-state index is 5.94. The molecule has 9 heteroatoms. The van der Waals surface area contributed by atoms with Gasteiger partial charge < -0.3 is 17.9 Å². The van der Waals surface area contributed by atoms with Crippen LogP contribution in [0.5, 0.6) is 0 Å². The Balaban J connectivity index is 0.000000450. The number of oxazole rings is 1. The van der Waals surface area contributed by atoms with Gasteiger partial charge in [0.2, 0.25) is 0 Å². The molecule has 0 atom stereocenters. The second-order valence-electron chi connectivity index (χ2n) is 30.7. The second kappa shape index (κ2) is 22.1. The van der Waals surface area contributed by atoms with Gasteiger partial charge in [-0.2, -0.15) is 5.10 Å². The Hall–Kier alpha value is -3.88. The first kappa shape index (κ1) is 66.1. The number of hydrogen-bond donors (Lipinski definition) is 0. The van der Waals surface area contributed by atoms with E-state index in [4.69, 9.17) is 17.9 Å². The van der Waals surface area contributed by atoms with Crippen LogP contribution in [-0.4, -0.2) is 25.1 Å². The van der Waals surface area contributed by atoms with E-state index in [1.165, 1.54) is 33.5 Å². The zero-order valence-electron chi connectivity index (χ0n) is 53.9. The molecule has 0 spiro atoms. The molecule has 0 saturated carbocycles. The van der Waals surface area contributed by atoms with Crippen LogP contribution in [0.2, 0.25) is 0 Å². The predicted octanol–water partition coefficient (Wildman–Crippen LogP) is 18.8. The topological polar surface area (TPSA) is 109 Å². The van der Waals surface area contributed by atoms with Crippen LogP contribution >= 0.6 is 0 Å². The lowest BCUT2D eigenvalue weighted by Crippen LogP contribution is -2.30. The summed E-state index contributed by atoms with van der Waals surface area (Å²) in [7, 11) is 0. The quantitative estimate of drug-likeness (QED) is 0.151. The molecule has 0 amide bonds. The van der Waals surface area contributed by atoms with Crippen molar-refractivity contribution in [3.05, 3.63) is 91.0 Å². The monoisotopic (exact) mass is 1000 g/mol. The smallest absolute Gasteiger partial charge is 0.191 e. The predicted molar refractivity (Wildman–Crippen MR) is 307 cm³/mol. The van der Waals surface area contributed by atoms with Crippen molar-refractivity contribution in [1.29, 1.82) is 0 Å². The summed E-state index contributed by atoms with van der Waals surface area (Å²) in [4.78, 5) is 4.48. The summed E-state index contributed by atoms with van der Waals surface area (Å²) in [5.41, 5.74) is 13.1. The molecule has 0 aliphatic rings. The summed E-state index contributed by atoms with van der Waals surface area (Å²) in [6, 6.07) is 0. The highest BCUT2D eigenvalue weighted by atomic mass is 16.5. The Morgan fingerprint density at radius 3 is 1.03 bits per heavy atom. The minimum Gasteiger partial charge on any atom is -0.465 e. The Morgan fingerprint density at radius 1 is 0.333 bits per heavy atom. The van der Waals surface area contributed by atoms with E-state index in [1.54, 1.807) is 0 Å². The molecule has 9 nitrogen and oxygen atoms in total. The third-order valence-corrected chi connectivity index (χ3v) is 12.3. The molecule has 0 aliphatic heterocycles. The molecule has 5 rings (SSSR count). The lowest BCUT2D eigenvalue weighted by Gasteiger charge is -2.29. The molecule has 0 N–H and O–H groups in total. The normalized spacial score (nSPS) is 13.3. The first-order chi connectivity index (χ1) is 31.5. The van der Waals surface area contributed by atoms with Crippen molar-refractivity contribution in [2.45, 2.75) is 310 Å². The SMILES string of the molecule is Cc1nc(C(C)(C)C)c(C(C)(C)C)o1.Cc1nn(C(C)(C)C)c(C(C)(C)C)c1C.Cc1noc(C(C)(C)C)c1C(C)(C)C.Cc1oc(C(C)(C)C)c(C(C)(C)C)c1C.Cc1onc(C(C)(C)C)c1C(C)(C)C. The van der Waals surface area contributed by atoms with Gasteiger partial charge in [0, 0.05) is 61.8 Å². The number of rotatable bonds is 0.